The molecule has 1 rings (SSSR count). The van der Waals surface area contributed by atoms with Crippen LogP contribution in [0.3, 0.4) is 0 Å². The molecule has 0 aromatic carbocycles. The molecule has 1 heterocycles. The van der Waals surface area contributed by atoms with Gasteiger partial charge in [-0.15, -0.1) is 0 Å². The molecule has 0 aliphatic carbocycles. The van der Waals surface area contributed by atoms with Crippen molar-refractivity contribution in [3.05, 3.63) is 17.5 Å². The van der Waals surface area contributed by atoms with Crippen LogP contribution in [0.5, 0.6) is 0 Å². The van der Waals surface area contributed by atoms with E-state index in [1.165, 1.54) is 10.9 Å². The van der Waals surface area contributed by atoms with Crippen LogP contribution in [-0.2, 0) is 17.1 Å². The molecule has 1 aromatic heterocycles. The molecule has 1 atom stereocenters. The van der Waals surface area contributed by atoms with Crippen molar-refractivity contribution >= 4 is 15.9 Å². The van der Waals surface area contributed by atoms with E-state index in [2.05, 4.69) is 9.82 Å². The van der Waals surface area contributed by atoms with Crippen LogP contribution < -0.4 is 4.72 Å². The van der Waals surface area contributed by atoms with Crippen LogP contribution >= 0.6 is 0 Å². The molecule has 0 saturated carbocycles. The average Bonchev–Trinajstić information content (AvgIpc) is 2.58. The largest absolute Gasteiger partial charge is 0.272 e. The van der Waals surface area contributed by atoms with E-state index in [1.54, 1.807) is 27.8 Å². The number of rotatable bonds is 4. The Hall–Kier alpha value is -1.37. The highest BCUT2D eigenvalue weighted by atomic mass is 32.2. The molecule has 1 unspecified atom stereocenters. The van der Waals surface area contributed by atoms with Crippen LogP contribution in [0.15, 0.2) is 6.20 Å². The normalized spacial score (nSPS) is 13.4. The molecule has 0 aliphatic rings. The number of aromatic nitrogens is 2. The van der Waals surface area contributed by atoms with Gasteiger partial charge in [0.15, 0.2) is 0 Å². The zero-order chi connectivity index (χ0) is 13.2. The van der Waals surface area contributed by atoms with Crippen LogP contribution in [0, 0.1) is 6.92 Å². The molecular formula is C10H17N3O3S. The van der Waals surface area contributed by atoms with Crippen LogP contribution in [0.2, 0.25) is 0 Å². The van der Waals surface area contributed by atoms with Gasteiger partial charge in [-0.2, -0.15) is 5.10 Å². The Morgan fingerprint density at radius 1 is 1.59 bits per heavy atom. The molecule has 1 amide bonds. The summed E-state index contributed by atoms with van der Waals surface area (Å²) < 4.78 is 27.0. The molecule has 7 heteroatoms. The standard InChI is InChI=1S/C10H17N3O3S/c1-5-7(2)17(15,16)12-10(14)9-6-11-13(4)8(9)3/h6-7H,5H2,1-4H3,(H,12,14). The minimum absolute atomic E-state index is 0.277. The fourth-order valence-electron chi connectivity index (χ4n) is 1.23. The number of aryl methyl sites for hydroxylation is 1. The van der Waals surface area contributed by atoms with E-state index in [0.717, 1.165) is 0 Å². The highest BCUT2D eigenvalue weighted by Crippen LogP contribution is 2.08. The van der Waals surface area contributed by atoms with Gasteiger partial charge in [0.05, 0.1) is 17.0 Å². The third-order valence-corrected chi connectivity index (χ3v) is 4.68. The molecule has 0 aliphatic heterocycles. The van der Waals surface area contributed by atoms with Gasteiger partial charge in [-0.1, -0.05) is 6.92 Å². The van der Waals surface area contributed by atoms with E-state index in [1.807, 2.05) is 0 Å². The summed E-state index contributed by atoms with van der Waals surface area (Å²) in [5, 5.41) is 3.30. The van der Waals surface area contributed by atoms with Gasteiger partial charge < -0.3 is 0 Å². The predicted octanol–water partition coefficient (Wildman–Crippen LogP) is 0.587. The first-order chi connectivity index (χ1) is 7.79. The molecular weight excluding hydrogens is 242 g/mol. The highest BCUT2D eigenvalue weighted by molar-refractivity contribution is 7.90. The average molecular weight is 259 g/mol. The minimum Gasteiger partial charge on any atom is -0.272 e. The predicted molar refractivity (Wildman–Crippen MR) is 64.1 cm³/mol. The first kappa shape index (κ1) is 13.7. The Morgan fingerprint density at radius 2 is 2.18 bits per heavy atom. The van der Waals surface area contributed by atoms with Gasteiger partial charge in [-0.05, 0) is 20.3 Å². The molecule has 0 radical (unpaired) electrons. The lowest BCUT2D eigenvalue weighted by Crippen LogP contribution is -2.37. The summed E-state index contributed by atoms with van der Waals surface area (Å²) in [5.74, 6) is -0.629. The number of amides is 1. The van der Waals surface area contributed by atoms with E-state index in [4.69, 9.17) is 0 Å². The molecule has 1 aromatic rings. The van der Waals surface area contributed by atoms with E-state index >= 15 is 0 Å². The van der Waals surface area contributed by atoms with Crippen molar-refractivity contribution in [1.29, 1.82) is 0 Å². The van der Waals surface area contributed by atoms with Gasteiger partial charge in [0, 0.05) is 12.7 Å². The summed E-state index contributed by atoms with van der Waals surface area (Å²) in [7, 11) is -1.91. The molecule has 0 bridgehead atoms. The van der Waals surface area contributed by atoms with Gasteiger partial charge in [0.2, 0.25) is 10.0 Å². The maximum absolute atomic E-state index is 11.8. The third kappa shape index (κ3) is 2.85. The first-order valence-corrected chi connectivity index (χ1v) is 6.88. The number of carbonyl (C=O) groups excluding carboxylic acids is 1. The molecule has 17 heavy (non-hydrogen) atoms. The van der Waals surface area contributed by atoms with E-state index in [9.17, 15) is 13.2 Å². The lowest BCUT2D eigenvalue weighted by atomic mass is 10.2. The number of nitrogens with one attached hydrogen (secondary N) is 1. The number of sulfonamides is 1. The molecule has 0 fully saturated rings. The Bertz CT molecular complexity index is 519. The van der Waals surface area contributed by atoms with Crippen LogP contribution in [0.4, 0.5) is 0 Å². The number of nitrogens with zero attached hydrogens (tertiary/aromatic N) is 2. The maximum atomic E-state index is 11.8. The van der Waals surface area contributed by atoms with E-state index < -0.39 is 21.2 Å². The lowest BCUT2D eigenvalue weighted by molar-refractivity contribution is 0.0980. The molecule has 0 saturated heterocycles. The fraction of sp³-hybridized carbons (Fsp3) is 0.600. The molecule has 1 N–H and O–H groups in total. The monoisotopic (exact) mass is 259 g/mol. The fourth-order valence-corrected chi connectivity index (χ4v) is 2.23. The smallest absolute Gasteiger partial charge is 0.268 e. The van der Waals surface area contributed by atoms with Crippen LogP contribution in [0.25, 0.3) is 0 Å². The van der Waals surface area contributed by atoms with Crippen molar-refractivity contribution in [3.8, 4) is 0 Å². The zero-order valence-electron chi connectivity index (χ0n) is 10.4. The Morgan fingerprint density at radius 3 is 2.59 bits per heavy atom. The van der Waals surface area contributed by atoms with Crippen molar-refractivity contribution in [3.63, 3.8) is 0 Å². The summed E-state index contributed by atoms with van der Waals surface area (Å²) in [6.07, 6.45) is 1.81. The quantitative estimate of drug-likeness (QED) is 0.858. The van der Waals surface area contributed by atoms with Crippen molar-refractivity contribution in [1.82, 2.24) is 14.5 Å². The van der Waals surface area contributed by atoms with E-state index in [-0.39, 0.29) is 5.56 Å². The number of hydrogen-bond donors (Lipinski definition) is 1. The van der Waals surface area contributed by atoms with Gasteiger partial charge >= 0.3 is 0 Å². The van der Waals surface area contributed by atoms with Crippen molar-refractivity contribution < 1.29 is 13.2 Å². The summed E-state index contributed by atoms with van der Waals surface area (Å²) in [5.41, 5.74) is 0.904. The van der Waals surface area contributed by atoms with Crippen molar-refractivity contribution in [2.75, 3.05) is 0 Å². The number of carbonyl (C=O) groups is 1. The minimum atomic E-state index is -3.60. The molecule has 96 valence electrons. The maximum Gasteiger partial charge on any atom is 0.268 e. The molecule has 6 nitrogen and oxygen atoms in total. The lowest BCUT2D eigenvalue weighted by Gasteiger charge is -2.11. The summed E-state index contributed by atoms with van der Waals surface area (Å²) in [6.45, 7) is 5.02. The number of hydrogen-bond acceptors (Lipinski definition) is 4. The second-order valence-electron chi connectivity index (χ2n) is 3.96. The topological polar surface area (TPSA) is 81.1 Å². The summed E-state index contributed by atoms with van der Waals surface area (Å²) in [6, 6.07) is 0. The first-order valence-electron chi connectivity index (χ1n) is 5.34. The van der Waals surface area contributed by atoms with Crippen molar-refractivity contribution in [2.45, 2.75) is 32.4 Å². The summed E-state index contributed by atoms with van der Waals surface area (Å²) >= 11 is 0. The van der Waals surface area contributed by atoms with Gasteiger partial charge in [0.25, 0.3) is 5.91 Å². The Labute approximate surface area is 101 Å². The van der Waals surface area contributed by atoms with Gasteiger partial charge in [0.1, 0.15) is 0 Å². The third-order valence-electron chi connectivity index (χ3n) is 2.82. The molecule has 0 spiro atoms. The second-order valence-corrected chi connectivity index (χ2v) is 6.06. The Balaban J connectivity index is 2.91. The van der Waals surface area contributed by atoms with Crippen LogP contribution in [0.1, 0.15) is 36.3 Å². The summed E-state index contributed by atoms with van der Waals surface area (Å²) in [4.78, 5) is 11.8. The van der Waals surface area contributed by atoms with Gasteiger partial charge in [-0.25, -0.2) is 13.1 Å². The van der Waals surface area contributed by atoms with E-state index in [0.29, 0.717) is 12.1 Å². The second kappa shape index (κ2) is 4.87. The van der Waals surface area contributed by atoms with Crippen LogP contribution in [-0.4, -0.2) is 29.4 Å². The highest BCUT2D eigenvalue weighted by Gasteiger charge is 2.23. The SMILES string of the molecule is CCC(C)S(=O)(=O)NC(=O)c1cnn(C)c1C. The van der Waals surface area contributed by atoms with Gasteiger partial charge in [-0.3, -0.25) is 9.48 Å². The zero-order valence-corrected chi connectivity index (χ0v) is 11.2. The Kier molecular flexibility index (Phi) is 3.92. The van der Waals surface area contributed by atoms with Crippen molar-refractivity contribution in [2.24, 2.45) is 7.05 Å².